The SMILES string of the molecule is Cc1cnc(N2CCCC2CNCC(C)C)c(Br)c1. The summed E-state index contributed by atoms with van der Waals surface area (Å²) in [5, 5.41) is 3.57. The van der Waals surface area contributed by atoms with Gasteiger partial charge in [0.15, 0.2) is 0 Å². The Morgan fingerprint density at radius 3 is 3.00 bits per heavy atom. The molecule has 0 radical (unpaired) electrons. The second-order valence-corrected chi connectivity index (χ2v) is 6.71. The van der Waals surface area contributed by atoms with Gasteiger partial charge in [-0.1, -0.05) is 13.8 Å². The monoisotopic (exact) mass is 325 g/mol. The number of halogens is 1. The van der Waals surface area contributed by atoms with E-state index in [1.807, 2.05) is 6.20 Å². The molecule has 1 aliphatic heterocycles. The highest BCUT2D eigenvalue weighted by molar-refractivity contribution is 9.10. The fourth-order valence-corrected chi connectivity index (χ4v) is 3.29. The van der Waals surface area contributed by atoms with Crippen molar-refractivity contribution in [2.45, 2.75) is 39.7 Å². The van der Waals surface area contributed by atoms with Gasteiger partial charge < -0.3 is 10.2 Å². The third-order valence-corrected chi connectivity index (χ3v) is 4.12. The van der Waals surface area contributed by atoms with Crippen molar-refractivity contribution in [3.63, 3.8) is 0 Å². The zero-order valence-corrected chi connectivity index (χ0v) is 13.7. The van der Waals surface area contributed by atoms with Crippen molar-refractivity contribution < 1.29 is 0 Å². The average Bonchev–Trinajstić information content (AvgIpc) is 2.77. The van der Waals surface area contributed by atoms with Crippen molar-refractivity contribution in [2.24, 2.45) is 5.92 Å². The van der Waals surface area contributed by atoms with E-state index in [0.29, 0.717) is 12.0 Å². The molecule has 2 heterocycles. The van der Waals surface area contributed by atoms with Crippen LogP contribution in [0.3, 0.4) is 0 Å². The summed E-state index contributed by atoms with van der Waals surface area (Å²) in [4.78, 5) is 7.05. The Morgan fingerprint density at radius 2 is 2.32 bits per heavy atom. The van der Waals surface area contributed by atoms with E-state index in [1.165, 1.54) is 18.4 Å². The number of nitrogens with zero attached hydrogens (tertiary/aromatic N) is 2. The predicted molar refractivity (Wildman–Crippen MR) is 84.7 cm³/mol. The quantitative estimate of drug-likeness (QED) is 0.899. The Hall–Kier alpha value is -0.610. The van der Waals surface area contributed by atoms with Gasteiger partial charge in [0.2, 0.25) is 0 Å². The van der Waals surface area contributed by atoms with E-state index in [1.54, 1.807) is 0 Å². The van der Waals surface area contributed by atoms with E-state index in [2.05, 4.69) is 58.0 Å². The minimum absolute atomic E-state index is 0.574. The van der Waals surface area contributed by atoms with Crippen molar-refractivity contribution in [3.8, 4) is 0 Å². The van der Waals surface area contributed by atoms with Crippen LogP contribution in [-0.2, 0) is 0 Å². The molecule has 1 fully saturated rings. The van der Waals surface area contributed by atoms with Crippen molar-refractivity contribution in [3.05, 3.63) is 22.3 Å². The average molecular weight is 326 g/mol. The number of rotatable bonds is 5. The first-order chi connectivity index (χ1) is 9.08. The predicted octanol–water partition coefficient (Wildman–Crippen LogP) is 3.37. The number of pyridine rings is 1. The second kappa shape index (κ2) is 6.71. The Labute approximate surface area is 124 Å². The molecule has 1 aromatic heterocycles. The van der Waals surface area contributed by atoms with Gasteiger partial charge in [-0.05, 0) is 59.8 Å². The number of nitrogens with one attached hydrogen (secondary N) is 1. The molecule has 0 spiro atoms. The summed E-state index contributed by atoms with van der Waals surface area (Å²) >= 11 is 3.65. The van der Waals surface area contributed by atoms with E-state index < -0.39 is 0 Å². The van der Waals surface area contributed by atoms with Crippen LogP contribution in [0.5, 0.6) is 0 Å². The first-order valence-corrected chi connectivity index (χ1v) is 7.96. The summed E-state index contributed by atoms with van der Waals surface area (Å²) < 4.78 is 1.11. The Morgan fingerprint density at radius 1 is 1.53 bits per heavy atom. The summed E-state index contributed by atoms with van der Waals surface area (Å²) in [6.07, 6.45) is 4.47. The number of hydrogen-bond acceptors (Lipinski definition) is 3. The molecule has 0 amide bonds. The lowest BCUT2D eigenvalue weighted by molar-refractivity contribution is 0.511. The summed E-state index contributed by atoms with van der Waals surface area (Å²) in [6.45, 7) is 9.83. The Kier molecular flexibility index (Phi) is 5.22. The molecule has 0 aliphatic carbocycles. The van der Waals surface area contributed by atoms with E-state index in [-0.39, 0.29) is 0 Å². The Balaban J connectivity index is 2.01. The van der Waals surface area contributed by atoms with Gasteiger partial charge >= 0.3 is 0 Å². The molecule has 1 aromatic rings. The third kappa shape index (κ3) is 3.93. The van der Waals surface area contributed by atoms with E-state index in [4.69, 9.17) is 0 Å². The maximum absolute atomic E-state index is 4.60. The molecule has 0 saturated carbocycles. The fraction of sp³-hybridized carbons (Fsp3) is 0.667. The van der Waals surface area contributed by atoms with Gasteiger partial charge in [0, 0.05) is 25.3 Å². The van der Waals surface area contributed by atoms with Crippen LogP contribution in [0.25, 0.3) is 0 Å². The topological polar surface area (TPSA) is 28.2 Å². The molecule has 4 heteroatoms. The summed E-state index contributed by atoms with van der Waals surface area (Å²) in [7, 11) is 0. The second-order valence-electron chi connectivity index (χ2n) is 5.86. The maximum Gasteiger partial charge on any atom is 0.143 e. The van der Waals surface area contributed by atoms with Crippen molar-refractivity contribution in [1.82, 2.24) is 10.3 Å². The van der Waals surface area contributed by atoms with Crippen LogP contribution in [0, 0.1) is 12.8 Å². The minimum Gasteiger partial charge on any atom is -0.351 e. The lowest BCUT2D eigenvalue weighted by Gasteiger charge is -2.27. The maximum atomic E-state index is 4.60. The zero-order chi connectivity index (χ0) is 13.8. The molecule has 3 nitrogen and oxygen atoms in total. The number of aryl methyl sites for hydroxylation is 1. The van der Waals surface area contributed by atoms with Crippen molar-refractivity contribution in [1.29, 1.82) is 0 Å². The molecule has 1 aliphatic rings. The highest BCUT2D eigenvalue weighted by Crippen LogP contribution is 2.30. The molecule has 19 heavy (non-hydrogen) atoms. The zero-order valence-electron chi connectivity index (χ0n) is 12.1. The third-order valence-electron chi connectivity index (χ3n) is 3.54. The number of anilines is 1. The van der Waals surface area contributed by atoms with E-state index in [0.717, 1.165) is 29.9 Å². The molecule has 1 atom stereocenters. The van der Waals surface area contributed by atoms with Gasteiger partial charge in [-0.15, -0.1) is 0 Å². The molecule has 0 aromatic carbocycles. The van der Waals surface area contributed by atoms with Crippen molar-refractivity contribution in [2.75, 3.05) is 24.5 Å². The van der Waals surface area contributed by atoms with Gasteiger partial charge in [-0.3, -0.25) is 0 Å². The molecular formula is C15H24BrN3. The molecule has 2 rings (SSSR count). The largest absolute Gasteiger partial charge is 0.351 e. The van der Waals surface area contributed by atoms with Gasteiger partial charge in [-0.25, -0.2) is 4.98 Å². The van der Waals surface area contributed by atoms with Crippen LogP contribution >= 0.6 is 15.9 Å². The van der Waals surface area contributed by atoms with Crippen LogP contribution in [0.1, 0.15) is 32.3 Å². The summed E-state index contributed by atoms with van der Waals surface area (Å²) in [5.74, 6) is 1.80. The normalized spacial score (nSPS) is 19.4. The Bertz CT molecular complexity index is 420. The first-order valence-electron chi connectivity index (χ1n) is 7.17. The molecule has 1 saturated heterocycles. The van der Waals surface area contributed by atoms with E-state index in [9.17, 15) is 0 Å². The fourth-order valence-electron chi connectivity index (χ4n) is 2.60. The van der Waals surface area contributed by atoms with Gasteiger partial charge in [0.1, 0.15) is 5.82 Å². The highest BCUT2D eigenvalue weighted by atomic mass is 79.9. The summed E-state index contributed by atoms with van der Waals surface area (Å²) in [5.41, 5.74) is 1.20. The molecule has 106 valence electrons. The highest BCUT2D eigenvalue weighted by Gasteiger charge is 2.26. The summed E-state index contributed by atoms with van der Waals surface area (Å²) in [6, 6.07) is 2.73. The lowest BCUT2D eigenvalue weighted by atomic mass is 10.2. The van der Waals surface area contributed by atoms with E-state index >= 15 is 0 Å². The van der Waals surface area contributed by atoms with Crippen LogP contribution in [-0.4, -0.2) is 30.7 Å². The van der Waals surface area contributed by atoms with Gasteiger partial charge in [-0.2, -0.15) is 0 Å². The van der Waals surface area contributed by atoms with Crippen LogP contribution < -0.4 is 10.2 Å². The molecule has 1 unspecified atom stereocenters. The lowest BCUT2D eigenvalue weighted by Crippen LogP contribution is -2.39. The van der Waals surface area contributed by atoms with Gasteiger partial charge in [0.05, 0.1) is 4.47 Å². The number of aromatic nitrogens is 1. The van der Waals surface area contributed by atoms with Crippen LogP contribution in [0.2, 0.25) is 0 Å². The minimum atomic E-state index is 0.574. The standard InChI is InChI=1S/C15H24BrN3/c1-11(2)8-17-10-13-5-4-6-19(13)15-14(16)7-12(3)9-18-15/h7,9,11,13,17H,4-6,8,10H2,1-3H3. The van der Waals surface area contributed by atoms with Crippen LogP contribution in [0.4, 0.5) is 5.82 Å². The first kappa shape index (κ1) is 14.8. The number of hydrogen-bond donors (Lipinski definition) is 1. The molecule has 1 N–H and O–H groups in total. The van der Waals surface area contributed by atoms with Gasteiger partial charge in [0.25, 0.3) is 0 Å². The van der Waals surface area contributed by atoms with Crippen molar-refractivity contribution >= 4 is 21.7 Å². The smallest absolute Gasteiger partial charge is 0.143 e. The molecule has 0 bridgehead atoms. The van der Waals surface area contributed by atoms with Crippen LogP contribution in [0.15, 0.2) is 16.7 Å². The molecular weight excluding hydrogens is 302 g/mol.